The smallest absolute Gasteiger partial charge is 0.129 e. The van der Waals surface area contributed by atoms with Gasteiger partial charge in [-0.2, -0.15) is 0 Å². The molecule has 0 N–H and O–H groups in total. The first-order valence-electron chi connectivity index (χ1n) is 7.47. The molecule has 1 aromatic heterocycles. The average molecular weight is 279 g/mol. The third kappa shape index (κ3) is 1.53. The van der Waals surface area contributed by atoms with E-state index in [0.717, 1.165) is 16.8 Å². The van der Waals surface area contributed by atoms with Crippen molar-refractivity contribution in [2.75, 3.05) is 0 Å². The van der Waals surface area contributed by atoms with Gasteiger partial charge < -0.3 is 0 Å². The molecule has 2 heteroatoms. The van der Waals surface area contributed by atoms with Crippen LogP contribution in [0.25, 0.3) is 16.3 Å². The molecule has 1 heterocycles. The molecule has 2 aliphatic carbocycles. The fourth-order valence-electron chi connectivity index (χ4n) is 3.83. The molecule has 2 aliphatic rings. The molecular formula is C19H18FN. The number of fused-ring (bicyclic) bond motifs is 1. The standard InChI is InChI=1S/C19H18FN/c1-11-7-8-13-16(17(11)20)19(2,3)14-6-4-5-12-9-10-21-18(13)15(12)14/h4-11,17H,1-3H3. The molecule has 21 heavy (non-hydrogen) atoms. The minimum Gasteiger partial charge on any atom is -0.256 e. The molecule has 0 radical (unpaired) electrons. The minimum absolute atomic E-state index is 0.0764. The lowest BCUT2D eigenvalue weighted by Gasteiger charge is -2.40. The molecule has 0 spiro atoms. The van der Waals surface area contributed by atoms with E-state index in [2.05, 4.69) is 43.1 Å². The Bertz CT molecular complexity index is 808. The molecule has 2 atom stereocenters. The second kappa shape index (κ2) is 4.03. The van der Waals surface area contributed by atoms with E-state index < -0.39 is 6.17 Å². The third-order valence-electron chi connectivity index (χ3n) is 4.99. The topological polar surface area (TPSA) is 12.9 Å². The first-order valence-corrected chi connectivity index (χ1v) is 7.47. The summed E-state index contributed by atoms with van der Waals surface area (Å²) < 4.78 is 14.9. The highest BCUT2D eigenvalue weighted by Gasteiger charge is 2.41. The lowest BCUT2D eigenvalue weighted by Crippen LogP contribution is -2.34. The van der Waals surface area contributed by atoms with Gasteiger partial charge in [0.05, 0.1) is 5.69 Å². The monoisotopic (exact) mass is 279 g/mol. The van der Waals surface area contributed by atoms with E-state index in [4.69, 9.17) is 0 Å². The van der Waals surface area contributed by atoms with Crippen molar-refractivity contribution in [2.24, 2.45) is 5.92 Å². The van der Waals surface area contributed by atoms with Crippen LogP contribution in [0.5, 0.6) is 0 Å². The van der Waals surface area contributed by atoms with Gasteiger partial charge in [0.15, 0.2) is 0 Å². The lowest BCUT2D eigenvalue weighted by molar-refractivity contribution is 0.290. The number of pyridine rings is 1. The Kier molecular flexibility index (Phi) is 2.45. The molecule has 0 saturated carbocycles. The lowest BCUT2D eigenvalue weighted by atomic mass is 9.65. The predicted molar refractivity (Wildman–Crippen MR) is 84.9 cm³/mol. The van der Waals surface area contributed by atoms with Gasteiger partial charge in [-0.1, -0.05) is 51.1 Å². The predicted octanol–water partition coefficient (Wildman–Crippen LogP) is 4.82. The number of hydrogen-bond donors (Lipinski definition) is 0. The Morgan fingerprint density at radius 3 is 2.81 bits per heavy atom. The number of nitrogens with zero attached hydrogens (tertiary/aromatic N) is 1. The van der Waals surface area contributed by atoms with Crippen molar-refractivity contribution in [1.82, 2.24) is 4.98 Å². The molecule has 0 amide bonds. The summed E-state index contributed by atoms with van der Waals surface area (Å²) in [5.41, 5.74) is 3.69. The van der Waals surface area contributed by atoms with Crippen LogP contribution in [0.1, 0.15) is 32.0 Å². The number of rotatable bonds is 0. The molecule has 0 aliphatic heterocycles. The SMILES string of the molecule is CC1C=CC2=C(C1F)C(C)(C)c1cccc3ccnc2c13. The van der Waals surface area contributed by atoms with Gasteiger partial charge in [0.25, 0.3) is 0 Å². The van der Waals surface area contributed by atoms with Crippen LogP contribution in [0.4, 0.5) is 4.39 Å². The van der Waals surface area contributed by atoms with E-state index in [1.165, 1.54) is 16.3 Å². The number of hydrogen-bond acceptors (Lipinski definition) is 1. The molecule has 4 rings (SSSR count). The molecule has 1 nitrogen and oxygen atoms in total. The van der Waals surface area contributed by atoms with Gasteiger partial charge in [0.1, 0.15) is 6.17 Å². The van der Waals surface area contributed by atoms with Crippen molar-refractivity contribution in [2.45, 2.75) is 32.4 Å². The van der Waals surface area contributed by atoms with E-state index in [-0.39, 0.29) is 11.3 Å². The van der Waals surface area contributed by atoms with E-state index >= 15 is 0 Å². The normalized spacial score (nSPS) is 26.1. The van der Waals surface area contributed by atoms with Crippen LogP contribution < -0.4 is 0 Å². The van der Waals surface area contributed by atoms with Crippen LogP contribution >= 0.6 is 0 Å². The van der Waals surface area contributed by atoms with Crippen molar-refractivity contribution < 1.29 is 4.39 Å². The molecular weight excluding hydrogens is 261 g/mol. The summed E-state index contributed by atoms with van der Waals surface area (Å²) in [4.78, 5) is 4.57. The second-order valence-electron chi connectivity index (χ2n) is 6.64. The van der Waals surface area contributed by atoms with Gasteiger partial charge in [-0.3, -0.25) is 4.98 Å². The van der Waals surface area contributed by atoms with Gasteiger partial charge in [-0.05, 0) is 22.6 Å². The summed E-state index contributed by atoms with van der Waals surface area (Å²) in [7, 11) is 0. The largest absolute Gasteiger partial charge is 0.256 e. The maximum atomic E-state index is 14.9. The van der Waals surface area contributed by atoms with Gasteiger partial charge in [-0.25, -0.2) is 4.39 Å². The van der Waals surface area contributed by atoms with Crippen LogP contribution in [-0.4, -0.2) is 11.2 Å². The molecule has 2 aromatic rings. The number of alkyl halides is 1. The number of aromatic nitrogens is 1. The highest BCUT2D eigenvalue weighted by atomic mass is 19.1. The Morgan fingerprint density at radius 1 is 1.19 bits per heavy atom. The van der Waals surface area contributed by atoms with Gasteiger partial charge in [-0.15, -0.1) is 0 Å². The van der Waals surface area contributed by atoms with Crippen molar-refractivity contribution >= 4 is 16.3 Å². The average Bonchev–Trinajstić information content (AvgIpc) is 2.47. The summed E-state index contributed by atoms with van der Waals surface area (Å²) in [5, 5.41) is 2.36. The minimum atomic E-state index is -0.939. The number of allylic oxidation sites excluding steroid dienone is 4. The molecule has 2 unspecified atom stereocenters. The van der Waals surface area contributed by atoms with Crippen LogP contribution in [0, 0.1) is 5.92 Å². The van der Waals surface area contributed by atoms with Crippen molar-refractivity contribution in [3.05, 3.63) is 59.4 Å². The van der Waals surface area contributed by atoms with E-state index in [1.807, 2.05) is 25.3 Å². The van der Waals surface area contributed by atoms with Crippen LogP contribution in [0.3, 0.4) is 0 Å². The Labute approximate surface area is 124 Å². The third-order valence-corrected chi connectivity index (χ3v) is 4.99. The molecule has 106 valence electrons. The summed E-state index contributed by atoms with van der Waals surface area (Å²) in [5.74, 6) is -0.0764. The van der Waals surface area contributed by atoms with Gasteiger partial charge in [0.2, 0.25) is 0 Å². The van der Waals surface area contributed by atoms with E-state index in [0.29, 0.717) is 0 Å². The number of benzene rings is 1. The van der Waals surface area contributed by atoms with E-state index in [9.17, 15) is 4.39 Å². The molecule has 0 fully saturated rings. The maximum Gasteiger partial charge on any atom is 0.129 e. The Balaban J connectivity index is 2.16. The summed E-state index contributed by atoms with van der Waals surface area (Å²) in [6.07, 6.45) is 4.91. The Hall–Kier alpha value is -1.96. The van der Waals surface area contributed by atoms with Crippen LogP contribution in [0.2, 0.25) is 0 Å². The van der Waals surface area contributed by atoms with Gasteiger partial charge in [0, 0.05) is 28.5 Å². The van der Waals surface area contributed by atoms with Gasteiger partial charge >= 0.3 is 0 Å². The fraction of sp³-hybridized carbons (Fsp3) is 0.316. The van der Waals surface area contributed by atoms with Crippen molar-refractivity contribution in [3.8, 4) is 0 Å². The van der Waals surface area contributed by atoms with Crippen LogP contribution in [-0.2, 0) is 5.41 Å². The van der Waals surface area contributed by atoms with Crippen LogP contribution in [0.15, 0.2) is 48.2 Å². The first-order chi connectivity index (χ1) is 10.0. The zero-order valence-electron chi connectivity index (χ0n) is 12.5. The van der Waals surface area contributed by atoms with E-state index in [1.54, 1.807) is 0 Å². The van der Waals surface area contributed by atoms with Crippen molar-refractivity contribution in [3.63, 3.8) is 0 Å². The summed E-state index contributed by atoms with van der Waals surface area (Å²) >= 11 is 0. The molecule has 0 bridgehead atoms. The first kappa shape index (κ1) is 12.8. The fourth-order valence-corrected chi connectivity index (χ4v) is 3.83. The maximum absolute atomic E-state index is 14.9. The highest BCUT2D eigenvalue weighted by Crippen LogP contribution is 2.50. The zero-order chi connectivity index (χ0) is 14.8. The highest BCUT2D eigenvalue weighted by molar-refractivity contribution is 6.01. The van der Waals surface area contributed by atoms with Crippen molar-refractivity contribution in [1.29, 1.82) is 0 Å². The molecule has 1 aromatic carbocycles. The second-order valence-corrected chi connectivity index (χ2v) is 6.64. The quantitative estimate of drug-likeness (QED) is 0.673. The number of halogens is 1. The Morgan fingerprint density at radius 2 is 2.00 bits per heavy atom. The summed E-state index contributed by atoms with van der Waals surface area (Å²) in [6, 6.07) is 8.32. The molecule has 0 saturated heterocycles. The summed E-state index contributed by atoms with van der Waals surface area (Å²) in [6.45, 7) is 6.20. The zero-order valence-corrected chi connectivity index (χ0v) is 12.5.